The number of methoxy groups -OCH3 is 1. The first kappa shape index (κ1) is 14.4. The largest absolute Gasteiger partial charge is 0.489 e. The van der Waals surface area contributed by atoms with Crippen molar-refractivity contribution >= 4 is 5.97 Å². The lowest BCUT2D eigenvalue weighted by atomic mass is 10.3. The second kappa shape index (κ2) is 8.43. The van der Waals surface area contributed by atoms with Crippen LogP contribution >= 0.6 is 0 Å². The Kier molecular flexibility index (Phi) is 6.75. The van der Waals surface area contributed by atoms with Gasteiger partial charge < -0.3 is 19.3 Å². The first-order valence-electron chi connectivity index (χ1n) is 5.63. The lowest BCUT2D eigenvalue weighted by Crippen LogP contribution is -2.11. The van der Waals surface area contributed by atoms with Crippen LogP contribution in [0.2, 0.25) is 0 Å². The Labute approximate surface area is 106 Å². The van der Waals surface area contributed by atoms with E-state index >= 15 is 0 Å². The Morgan fingerprint density at radius 3 is 2.89 bits per heavy atom. The molecule has 0 atom stereocenters. The zero-order valence-corrected chi connectivity index (χ0v) is 10.3. The van der Waals surface area contributed by atoms with Gasteiger partial charge in [0.15, 0.2) is 11.4 Å². The molecule has 6 nitrogen and oxygen atoms in total. The highest BCUT2D eigenvalue weighted by atomic mass is 16.5. The van der Waals surface area contributed by atoms with Crippen molar-refractivity contribution in [1.29, 1.82) is 0 Å². The van der Waals surface area contributed by atoms with E-state index in [4.69, 9.17) is 19.3 Å². The zero-order valence-electron chi connectivity index (χ0n) is 10.3. The molecule has 100 valence electrons. The Bertz CT molecular complexity index is 369. The number of carboxylic acid groups (broad SMARTS) is 1. The van der Waals surface area contributed by atoms with Crippen LogP contribution in [0.4, 0.5) is 0 Å². The molecule has 1 aromatic heterocycles. The predicted molar refractivity (Wildman–Crippen MR) is 64.0 cm³/mol. The van der Waals surface area contributed by atoms with Crippen LogP contribution in [0.5, 0.6) is 5.75 Å². The third-order valence-corrected chi connectivity index (χ3v) is 2.10. The summed E-state index contributed by atoms with van der Waals surface area (Å²) in [5, 5.41) is 8.88. The molecule has 0 saturated heterocycles. The fraction of sp³-hybridized carbons (Fsp3) is 0.500. The third kappa shape index (κ3) is 5.11. The number of pyridine rings is 1. The maximum absolute atomic E-state index is 10.8. The van der Waals surface area contributed by atoms with E-state index < -0.39 is 5.97 Å². The normalized spacial score (nSPS) is 10.3. The van der Waals surface area contributed by atoms with Crippen LogP contribution in [0.3, 0.4) is 0 Å². The molecular weight excluding hydrogens is 238 g/mol. The van der Waals surface area contributed by atoms with E-state index in [1.807, 2.05) is 0 Å². The lowest BCUT2D eigenvalue weighted by molar-refractivity contribution is 0.0669. The number of hydrogen-bond donors (Lipinski definition) is 1. The van der Waals surface area contributed by atoms with Crippen LogP contribution in [0, 0.1) is 0 Å². The van der Waals surface area contributed by atoms with Crippen molar-refractivity contribution < 1.29 is 24.1 Å². The minimum absolute atomic E-state index is 0.0862. The SMILES string of the molecule is COCCCOCCOc1cccnc1C(=O)O. The van der Waals surface area contributed by atoms with Crippen molar-refractivity contribution in [1.82, 2.24) is 4.98 Å². The summed E-state index contributed by atoms with van der Waals surface area (Å²) in [5.74, 6) is -0.850. The molecule has 1 aromatic rings. The van der Waals surface area contributed by atoms with Crippen LogP contribution in [0.25, 0.3) is 0 Å². The summed E-state index contributed by atoms with van der Waals surface area (Å²) in [5.41, 5.74) is -0.0862. The minimum Gasteiger partial charge on any atom is -0.489 e. The van der Waals surface area contributed by atoms with Gasteiger partial charge in [0, 0.05) is 26.5 Å². The number of ether oxygens (including phenoxy) is 3. The van der Waals surface area contributed by atoms with Gasteiger partial charge in [0.25, 0.3) is 0 Å². The zero-order chi connectivity index (χ0) is 13.2. The Morgan fingerprint density at radius 1 is 1.33 bits per heavy atom. The summed E-state index contributed by atoms with van der Waals surface area (Å²) in [7, 11) is 1.64. The first-order valence-corrected chi connectivity index (χ1v) is 5.63. The molecular formula is C12H17NO5. The monoisotopic (exact) mass is 255 g/mol. The summed E-state index contributed by atoms with van der Waals surface area (Å²) in [6.45, 7) is 1.94. The molecule has 1 rings (SSSR count). The highest BCUT2D eigenvalue weighted by molar-refractivity contribution is 5.88. The highest BCUT2D eigenvalue weighted by Crippen LogP contribution is 2.14. The number of rotatable bonds is 9. The molecule has 1 N–H and O–H groups in total. The Morgan fingerprint density at radius 2 is 2.17 bits per heavy atom. The van der Waals surface area contributed by atoms with Crippen molar-refractivity contribution in [2.75, 3.05) is 33.5 Å². The smallest absolute Gasteiger partial charge is 0.358 e. The summed E-state index contributed by atoms with van der Waals surface area (Å²) in [4.78, 5) is 14.6. The molecule has 0 aromatic carbocycles. The molecule has 0 unspecified atom stereocenters. The number of carbonyl (C=O) groups is 1. The molecule has 0 saturated carbocycles. The van der Waals surface area contributed by atoms with Gasteiger partial charge in [-0.3, -0.25) is 0 Å². The topological polar surface area (TPSA) is 77.9 Å². The van der Waals surface area contributed by atoms with Crippen LogP contribution in [0.15, 0.2) is 18.3 Å². The summed E-state index contributed by atoms with van der Waals surface area (Å²) in [6, 6.07) is 3.20. The van der Waals surface area contributed by atoms with E-state index in [-0.39, 0.29) is 11.4 Å². The fourth-order valence-electron chi connectivity index (χ4n) is 1.29. The molecule has 0 bridgehead atoms. The molecule has 18 heavy (non-hydrogen) atoms. The fourth-order valence-corrected chi connectivity index (χ4v) is 1.29. The van der Waals surface area contributed by atoms with Gasteiger partial charge in [0.2, 0.25) is 0 Å². The van der Waals surface area contributed by atoms with E-state index in [0.717, 1.165) is 6.42 Å². The predicted octanol–water partition coefficient (Wildman–Crippen LogP) is 1.21. The number of nitrogens with zero attached hydrogens (tertiary/aromatic N) is 1. The summed E-state index contributed by atoms with van der Waals surface area (Å²) >= 11 is 0. The second-order valence-corrected chi connectivity index (χ2v) is 3.46. The molecule has 0 radical (unpaired) electrons. The van der Waals surface area contributed by atoms with E-state index in [1.165, 1.54) is 6.20 Å². The van der Waals surface area contributed by atoms with Gasteiger partial charge in [0.05, 0.1) is 6.61 Å². The van der Waals surface area contributed by atoms with Gasteiger partial charge in [-0.25, -0.2) is 9.78 Å². The van der Waals surface area contributed by atoms with Gasteiger partial charge in [-0.2, -0.15) is 0 Å². The molecule has 0 spiro atoms. The van der Waals surface area contributed by atoms with E-state index in [0.29, 0.717) is 26.4 Å². The number of aromatic nitrogens is 1. The summed E-state index contributed by atoms with van der Waals surface area (Å²) in [6.07, 6.45) is 2.24. The van der Waals surface area contributed by atoms with Gasteiger partial charge in [-0.05, 0) is 18.6 Å². The molecule has 0 aliphatic carbocycles. The molecule has 1 heterocycles. The van der Waals surface area contributed by atoms with Crippen molar-refractivity contribution in [3.8, 4) is 5.75 Å². The first-order chi connectivity index (χ1) is 8.75. The van der Waals surface area contributed by atoms with Crippen LogP contribution in [-0.4, -0.2) is 49.6 Å². The average Bonchev–Trinajstić information content (AvgIpc) is 2.38. The van der Waals surface area contributed by atoms with Crippen molar-refractivity contribution in [3.63, 3.8) is 0 Å². The van der Waals surface area contributed by atoms with Gasteiger partial charge >= 0.3 is 5.97 Å². The third-order valence-electron chi connectivity index (χ3n) is 2.10. The van der Waals surface area contributed by atoms with E-state index in [2.05, 4.69) is 4.98 Å². The van der Waals surface area contributed by atoms with Crippen LogP contribution < -0.4 is 4.74 Å². The van der Waals surface area contributed by atoms with Crippen LogP contribution in [0.1, 0.15) is 16.9 Å². The molecule has 0 aliphatic rings. The highest BCUT2D eigenvalue weighted by Gasteiger charge is 2.11. The van der Waals surface area contributed by atoms with E-state index in [9.17, 15) is 4.79 Å². The second-order valence-electron chi connectivity index (χ2n) is 3.46. The molecule has 0 aliphatic heterocycles. The van der Waals surface area contributed by atoms with Gasteiger partial charge in [0.1, 0.15) is 6.61 Å². The van der Waals surface area contributed by atoms with Gasteiger partial charge in [-0.15, -0.1) is 0 Å². The van der Waals surface area contributed by atoms with Gasteiger partial charge in [-0.1, -0.05) is 0 Å². The standard InChI is InChI=1S/C12H17NO5/c1-16-6-3-7-17-8-9-18-10-4-2-5-13-11(10)12(14)15/h2,4-5H,3,6-9H2,1H3,(H,14,15). The Hall–Kier alpha value is -1.66. The van der Waals surface area contributed by atoms with Crippen LogP contribution in [-0.2, 0) is 9.47 Å². The minimum atomic E-state index is -1.10. The van der Waals surface area contributed by atoms with Crippen molar-refractivity contribution in [2.24, 2.45) is 0 Å². The average molecular weight is 255 g/mol. The maximum Gasteiger partial charge on any atom is 0.358 e. The number of hydrogen-bond acceptors (Lipinski definition) is 5. The number of carboxylic acids is 1. The maximum atomic E-state index is 10.8. The van der Waals surface area contributed by atoms with Crippen molar-refractivity contribution in [2.45, 2.75) is 6.42 Å². The quantitative estimate of drug-likeness (QED) is 0.668. The lowest BCUT2D eigenvalue weighted by Gasteiger charge is -2.08. The molecule has 6 heteroatoms. The molecule has 0 fully saturated rings. The summed E-state index contributed by atoms with van der Waals surface area (Å²) < 4.78 is 15.5. The number of aromatic carboxylic acids is 1. The molecule has 0 amide bonds. The van der Waals surface area contributed by atoms with Crippen molar-refractivity contribution in [3.05, 3.63) is 24.0 Å². The Balaban J connectivity index is 2.25. The van der Waals surface area contributed by atoms with E-state index in [1.54, 1.807) is 19.2 Å².